The third kappa shape index (κ3) is 3.05. The highest BCUT2D eigenvalue weighted by molar-refractivity contribution is 5.66. The minimum Gasteiger partial charge on any atom is -0.453 e. The van der Waals surface area contributed by atoms with E-state index in [1.807, 2.05) is 0 Å². The topological polar surface area (TPSA) is 73.9 Å². The number of allylic oxidation sites excluding steroid dienone is 4. The highest BCUT2D eigenvalue weighted by Gasteiger charge is 2.42. The number of ether oxygens (including phenoxy) is 1. The summed E-state index contributed by atoms with van der Waals surface area (Å²) in [6.45, 7) is 3.37. The average Bonchev–Trinajstić information content (AvgIpc) is 2.91. The fourth-order valence-electron chi connectivity index (χ4n) is 3.11. The molecule has 0 saturated heterocycles. The number of hydrogen-bond acceptors (Lipinski definition) is 4. The summed E-state index contributed by atoms with van der Waals surface area (Å²) >= 11 is 0. The SMILES string of the molecule is CC(=O)OCC#CCC(C#N)(C#N)C1=C[C@H]2C=C[C@H](C2)[C@@H]1C. The van der Waals surface area contributed by atoms with Gasteiger partial charge in [0.25, 0.3) is 0 Å². The van der Waals surface area contributed by atoms with Crippen LogP contribution < -0.4 is 0 Å². The maximum Gasteiger partial charge on any atom is 0.303 e. The van der Waals surface area contributed by atoms with Crippen LogP contribution >= 0.6 is 0 Å². The van der Waals surface area contributed by atoms with E-state index < -0.39 is 11.4 Å². The molecule has 2 rings (SSSR count). The van der Waals surface area contributed by atoms with Crippen molar-refractivity contribution in [1.82, 2.24) is 0 Å². The Morgan fingerprint density at radius 2 is 2.09 bits per heavy atom. The van der Waals surface area contributed by atoms with E-state index in [-0.39, 0.29) is 18.9 Å². The summed E-state index contributed by atoms with van der Waals surface area (Å²) in [5, 5.41) is 19.2. The van der Waals surface area contributed by atoms with Crippen LogP contribution in [0.1, 0.15) is 26.7 Å². The highest BCUT2D eigenvalue weighted by Crippen LogP contribution is 2.47. The van der Waals surface area contributed by atoms with Gasteiger partial charge >= 0.3 is 5.97 Å². The molecule has 2 bridgehead atoms. The van der Waals surface area contributed by atoms with Crippen LogP contribution in [0.2, 0.25) is 0 Å². The number of fused-ring (bicyclic) bond motifs is 2. The molecule has 0 N–H and O–H groups in total. The first kappa shape index (κ1) is 15.9. The van der Waals surface area contributed by atoms with Crippen molar-refractivity contribution in [3.8, 4) is 24.0 Å². The number of esters is 1. The molecular formula is C18H18N2O2. The van der Waals surface area contributed by atoms with E-state index in [9.17, 15) is 15.3 Å². The summed E-state index contributed by atoms with van der Waals surface area (Å²) in [4.78, 5) is 10.7. The van der Waals surface area contributed by atoms with Gasteiger partial charge < -0.3 is 4.74 Å². The van der Waals surface area contributed by atoms with E-state index in [0.717, 1.165) is 12.0 Å². The van der Waals surface area contributed by atoms with Gasteiger partial charge in [0.1, 0.15) is 0 Å². The molecule has 2 aliphatic rings. The normalized spacial score (nSPS) is 25.3. The zero-order valence-corrected chi connectivity index (χ0v) is 12.8. The Balaban J connectivity index is 2.18. The molecule has 0 aliphatic heterocycles. The van der Waals surface area contributed by atoms with Gasteiger partial charge in [-0.3, -0.25) is 4.79 Å². The fourth-order valence-corrected chi connectivity index (χ4v) is 3.11. The molecule has 0 fully saturated rings. The first-order valence-electron chi connectivity index (χ1n) is 7.34. The van der Waals surface area contributed by atoms with Gasteiger partial charge in [0.05, 0.1) is 12.1 Å². The zero-order chi connectivity index (χ0) is 16.2. The molecule has 3 atom stereocenters. The van der Waals surface area contributed by atoms with E-state index in [1.54, 1.807) is 0 Å². The van der Waals surface area contributed by atoms with Crippen LogP contribution in [0.5, 0.6) is 0 Å². The Morgan fingerprint density at radius 1 is 1.36 bits per heavy atom. The van der Waals surface area contributed by atoms with Gasteiger partial charge in [0, 0.05) is 13.3 Å². The summed E-state index contributed by atoms with van der Waals surface area (Å²) in [6, 6.07) is 4.33. The van der Waals surface area contributed by atoms with E-state index in [2.05, 4.69) is 49.1 Å². The maximum absolute atomic E-state index is 10.7. The van der Waals surface area contributed by atoms with Crippen molar-refractivity contribution in [2.24, 2.45) is 23.2 Å². The molecule has 4 heteroatoms. The third-order valence-electron chi connectivity index (χ3n) is 4.38. The predicted molar refractivity (Wildman–Crippen MR) is 80.7 cm³/mol. The van der Waals surface area contributed by atoms with Crippen LogP contribution in [0.4, 0.5) is 0 Å². The molecule has 0 radical (unpaired) electrons. The Morgan fingerprint density at radius 3 is 2.73 bits per heavy atom. The standard InChI is InChI=1S/C18H18N2O2/c1-13-16-6-5-15(9-16)10-17(13)18(11-19,12-20)7-3-4-8-22-14(2)21/h5-6,10,13,15-16H,7-9H2,1-2H3/t13-,15-,16+/m0/s1. The molecular weight excluding hydrogens is 276 g/mol. The van der Waals surface area contributed by atoms with Crippen LogP contribution in [0.25, 0.3) is 0 Å². The summed E-state index contributed by atoms with van der Waals surface area (Å²) in [5.41, 5.74) is -0.337. The van der Waals surface area contributed by atoms with Crippen molar-refractivity contribution in [3.63, 3.8) is 0 Å². The van der Waals surface area contributed by atoms with E-state index >= 15 is 0 Å². The van der Waals surface area contributed by atoms with Gasteiger partial charge in [0.2, 0.25) is 0 Å². The minimum absolute atomic E-state index is 0.0102. The molecule has 0 unspecified atom stereocenters. The Hall–Kier alpha value is -2.51. The molecule has 0 aromatic heterocycles. The quantitative estimate of drug-likeness (QED) is 0.456. The largest absolute Gasteiger partial charge is 0.453 e. The summed E-state index contributed by atoms with van der Waals surface area (Å²) in [7, 11) is 0. The number of rotatable bonds is 3. The van der Waals surface area contributed by atoms with Gasteiger partial charge in [-0.2, -0.15) is 10.5 Å². The fraction of sp³-hybridized carbons (Fsp3) is 0.500. The molecule has 112 valence electrons. The van der Waals surface area contributed by atoms with Gasteiger partial charge in [0.15, 0.2) is 12.0 Å². The van der Waals surface area contributed by atoms with Gasteiger partial charge in [-0.1, -0.05) is 37.0 Å². The number of nitriles is 2. The maximum atomic E-state index is 10.7. The predicted octanol–water partition coefficient (Wildman–Crippen LogP) is 2.74. The Labute approximate surface area is 131 Å². The molecule has 4 nitrogen and oxygen atoms in total. The number of hydrogen-bond donors (Lipinski definition) is 0. The van der Waals surface area contributed by atoms with Crippen molar-refractivity contribution in [2.45, 2.75) is 26.7 Å². The van der Waals surface area contributed by atoms with E-state index in [0.29, 0.717) is 11.8 Å². The second-order valence-electron chi connectivity index (χ2n) is 5.80. The molecule has 22 heavy (non-hydrogen) atoms. The first-order chi connectivity index (χ1) is 10.5. The summed E-state index contributed by atoms with van der Waals surface area (Å²) < 4.78 is 4.73. The lowest BCUT2D eigenvalue weighted by Crippen LogP contribution is -2.29. The van der Waals surface area contributed by atoms with Gasteiger partial charge in [-0.15, -0.1) is 0 Å². The molecule has 0 aromatic carbocycles. The van der Waals surface area contributed by atoms with Crippen LogP contribution in [0.3, 0.4) is 0 Å². The zero-order valence-electron chi connectivity index (χ0n) is 12.8. The van der Waals surface area contributed by atoms with Crippen molar-refractivity contribution < 1.29 is 9.53 Å². The molecule has 0 aromatic rings. The lowest BCUT2D eigenvalue weighted by atomic mass is 9.67. The average molecular weight is 294 g/mol. The molecule has 0 amide bonds. The second-order valence-corrected chi connectivity index (χ2v) is 5.80. The van der Waals surface area contributed by atoms with Crippen molar-refractivity contribution >= 4 is 5.97 Å². The van der Waals surface area contributed by atoms with Crippen LogP contribution in [0.15, 0.2) is 23.8 Å². The molecule has 0 saturated carbocycles. The van der Waals surface area contributed by atoms with Crippen molar-refractivity contribution in [1.29, 1.82) is 10.5 Å². The first-order valence-corrected chi connectivity index (χ1v) is 7.34. The lowest BCUT2D eigenvalue weighted by molar-refractivity contribution is -0.139. The smallest absolute Gasteiger partial charge is 0.303 e. The number of nitrogens with zero attached hydrogens (tertiary/aromatic N) is 2. The van der Waals surface area contributed by atoms with E-state index in [1.165, 1.54) is 6.92 Å². The highest BCUT2D eigenvalue weighted by atomic mass is 16.5. The van der Waals surface area contributed by atoms with E-state index in [4.69, 9.17) is 4.74 Å². The molecule has 0 heterocycles. The van der Waals surface area contributed by atoms with Crippen LogP contribution in [0, 0.1) is 57.7 Å². The lowest BCUT2D eigenvalue weighted by Gasteiger charge is -2.33. The second kappa shape index (κ2) is 6.50. The Bertz CT molecular complexity index is 650. The van der Waals surface area contributed by atoms with Gasteiger partial charge in [-0.05, 0) is 29.7 Å². The van der Waals surface area contributed by atoms with Crippen molar-refractivity contribution in [2.75, 3.05) is 6.61 Å². The summed E-state index contributed by atoms with van der Waals surface area (Å²) in [5.74, 6) is 6.02. The number of carbonyl (C=O) groups excluding carboxylic acids is 1. The third-order valence-corrected chi connectivity index (χ3v) is 4.38. The molecule has 0 spiro atoms. The number of carbonyl (C=O) groups is 1. The molecule has 2 aliphatic carbocycles. The minimum atomic E-state index is -1.22. The van der Waals surface area contributed by atoms with Crippen molar-refractivity contribution in [3.05, 3.63) is 23.8 Å². The van der Waals surface area contributed by atoms with Crippen LogP contribution in [-0.2, 0) is 9.53 Å². The monoisotopic (exact) mass is 294 g/mol. The Kier molecular flexibility index (Phi) is 4.69. The summed E-state index contributed by atoms with van der Waals surface area (Å²) in [6.07, 6.45) is 7.60. The van der Waals surface area contributed by atoms with Gasteiger partial charge in [-0.25, -0.2) is 0 Å². The van der Waals surface area contributed by atoms with Crippen LogP contribution in [-0.4, -0.2) is 12.6 Å².